The Bertz CT molecular complexity index is 1220. The minimum atomic E-state index is -1.86. The zero-order chi connectivity index (χ0) is 32.4. The molecular weight excluding hydrogens is 565 g/mol. The Balaban J connectivity index is 1.10. The summed E-state index contributed by atoms with van der Waals surface area (Å²) in [6.07, 6.45) is 22.7. The number of rotatable bonds is 6. The van der Waals surface area contributed by atoms with Gasteiger partial charge in [-0.2, -0.15) is 0 Å². The largest absolute Gasteiger partial charge is 0.410 e. The maximum atomic E-state index is 11.2. The second-order valence-corrected chi connectivity index (χ2v) is 23.9. The summed E-state index contributed by atoms with van der Waals surface area (Å²) in [6.45, 7) is 23.5. The lowest BCUT2D eigenvalue weighted by molar-refractivity contribution is -0.0696. The Labute approximate surface area is 278 Å². The number of hydrogen-bond donors (Lipinski definition) is 1. The van der Waals surface area contributed by atoms with Crippen LogP contribution in [-0.2, 0) is 4.43 Å². The van der Waals surface area contributed by atoms with E-state index in [4.69, 9.17) is 4.43 Å². The van der Waals surface area contributed by atoms with E-state index in [1.165, 1.54) is 76.2 Å². The van der Waals surface area contributed by atoms with E-state index in [2.05, 4.69) is 85.2 Å². The van der Waals surface area contributed by atoms with E-state index in [9.17, 15) is 5.11 Å². The Hall–Kier alpha value is -1.08. The number of hydrogen-bond acceptors (Lipinski definition) is 2. The van der Waals surface area contributed by atoms with E-state index in [0.717, 1.165) is 37.0 Å². The molecular formula is C42H66O2Si. The molecule has 0 aromatic rings. The fraction of sp³-hybridized carbons (Fsp3) is 0.810. The van der Waals surface area contributed by atoms with Crippen LogP contribution in [0.4, 0.5) is 0 Å². The van der Waals surface area contributed by atoms with Gasteiger partial charge >= 0.3 is 0 Å². The second-order valence-electron chi connectivity index (χ2n) is 19.1. The lowest BCUT2D eigenvalue weighted by Gasteiger charge is -2.57. The third kappa shape index (κ3) is 6.78. The number of aliphatic hydroxyl groups is 1. The third-order valence-electron chi connectivity index (χ3n) is 14.7. The molecule has 4 bridgehead atoms. The molecule has 0 radical (unpaired) electrons. The van der Waals surface area contributed by atoms with E-state index < -0.39 is 14.4 Å². The lowest BCUT2D eigenvalue weighted by Crippen LogP contribution is -2.47. The number of fused-ring (bicyclic) bond motifs is 1. The van der Waals surface area contributed by atoms with Crippen LogP contribution >= 0.6 is 0 Å². The molecule has 0 heterocycles. The van der Waals surface area contributed by atoms with Gasteiger partial charge in [-0.25, -0.2) is 0 Å². The first kappa shape index (κ1) is 33.8. The summed E-state index contributed by atoms with van der Waals surface area (Å²) in [7, 11) is -1.86. The van der Waals surface area contributed by atoms with Gasteiger partial charge in [-0.1, -0.05) is 83.3 Å². The van der Waals surface area contributed by atoms with Crippen molar-refractivity contribution in [2.45, 2.75) is 162 Å². The maximum absolute atomic E-state index is 11.2. The van der Waals surface area contributed by atoms with E-state index >= 15 is 0 Å². The summed E-state index contributed by atoms with van der Waals surface area (Å²) in [5.41, 5.74) is 5.24. The van der Waals surface area contributed by atoms with Crippen molar-refractivity contribution in [3.05, 3.63) is 35.5 Å². The molecule has 7 fully saturated rings. The van der Waals surface area contributed by atoms with Crippen LogP contribution in [0.15, 0.2) is 35.5 Å². The van der Waals surface area contributed by atoms with Gasteiger partial charge < -0.3 is 9.53 Å². The summed E-state index contributed by atoms with van der Waals surface area (Å²) in [4.78, 5) is 0. The van der Waals surface area contributed by atoms with Crippen LogP contribution < -0.4 is 0 Å². The van der Waals surface area contributed by atoms with Crippen molar-refractivity contribution in [3.8, 4) is 11.8 Å². The Morgan fingerprint density at radius 2 is 1.67 bits per heavy atom. The van der Waals surface area contributed by atoms with E-state index in [0.29, 0.717) is 34.5 Å². The maximum Gasteiger partial charge on any atom is 0.192 e. The highest BCUT2D eigenvalue weighted by Crippen LogP contribution is 2.62. The first-order chi connectivity index (χ1) is 21.1. The normalized spacial score (nSPS) is 42.9. The molecule has 3 heteroatoms. The number of aliphatic hydroxyl groups excluding tert-OH is 1. The van der Waals surface area contributed by atoms with Crippen LogP contribution in [0, 0.1) is 64.1 Å². The standard InChI is InChI=1S/C42H66O2Si/c1-28(12-15-36(43)27-42-24-32-20-33(25-42)22-34(21-32)26-42)37-16-17-38-35(11-10-18-41(37,38)7)14-13-31-19-29(2)30(3)39(23-31)44-45(8,9)40(4,5)6/h13-14,28-29,32-34,36-39,43H,3,10-11,16-27H2,1-2,4-9H3/b31-13-,35-14+/t28-,29-,32?,33?,34?,36?,37-,38?,39-,41-,42?/m1/s1. The highest BCUT2D eigenvalue weighted by atomic mass is 28.4. The molecule has 0 aromatic heterocycles. The summed E-state index contributed by atoms with van der Waals surface area (Å²) in [6, 6.07) is 0. The summed E-state index contributed by atoms with van der Waals surface area (Å²) in [5, 5.41) is 11.4. The third-order valence-corrected chi connectivity index (χ3v) is 19.2. The second kappa shape index (κ2) is 12.4. The van der Waals surface area contributed by atoms with E-state index in [-0.39, 0.29) is 11.1 Å². The number of allylic oxidation sites excluding steroid dienone is 3. The molecule has 45 heavy (non-hydrogen) atoms. The minimum Gasteiger partial charge on any atom is -0.410 e. The molecule has 7 saturated carbocycles. The van der Waals surface area contributed by atoms with E-state index in [1.807, 2.05) is 0 Å². The van der Waals surface area contributed by atoms with Crippen LogP contribution in [0.2, 0.25) is 18.1 Å². The molecule has 7 rings (SSSR count). The fourth-order valence-electron chi connectivity index (χ4n) is 11.7. The topological polar surface area (TPSA) is 29.5 Å². The molecule has 0 aliphatic heterocycles. The molecule has 2 nitrogen and oxygen atoms in total. The van der Waals surface area contributed by atoms with Crippen molar-refractivity contribution in [1.82, 2.24) is 0 Å². The van der Waals surface area contributed by atoms with Crippen LogP contribution in [-0.4, -0.2) is 25.6 Å². The van der Waals surface area contributed by atoms with Crippen molar-refractivity contribution >= 4 is 8.32 Å². The van der Waals surface area contributed by atoms with Gasteiger partial charge in [-0.05, 0) is 160 Å². The molecule has 7 aliphatic carbocycles. The summed E-state index contributed by atoms with van der Waals surface area (Å²) in [5.74, 6) is 12.0. The van der Waals surface area contributed by atoms with Gasteiger partial charge in [-0.15, -0.1) is 0 Å². The van der Waals surface area contributed by atoms with Crippen LogP contribution in [0.5, 0.6) is 0 Å². The van der Waals surface area contributed by atoms with Crippen LogP contribution in [0.25, 0.3) is 0 Å². The van der Waals surface area contributed by atoms with Gasteiger partial charge in [0.1, 0.15) is 6.10 Å². The average molecular weight is 631 g/mol. The van der Waals surface area contributed by atoms with E-state index in [1.54, 1.807) is 11.1 Å². The first-order valence-corrected chi connectivity index (χ1v) is 21.9. The lowest BCUT2D eigenvalue weighted by atomic mass is 9.48. The van der Waals surface area contributed by atoms with Crippen LogP contribution in [0.1, 0.15) is 131 Å². The molecule has 0 saturated heterocycles. The molecule has 1 N–H and O–H groups in total. The predicted molar refractivity (Wildman–Crippen MR) is 192 cm³/mol. The smallest absolute Gasteiger partial charge is 0.192 e. The molecule has 7 aliphatic rings. The molecule has 0 spiro atoms. The Kier molecular flexibility index (Phi) is 9.33. The van der Waals surface area contributed by atoms with Gasteiger partial charge in [0.15, 0.2) is 8.32 Å². The highest BCUT2D eigenvalue weighted by Gasteiger charge is 2.52. The van der Waals surface area contributed by atoms with Gasteiger partial charge in [0.25, 0.3) is 0 Å². The van der Waals surface area contributed by atoms with Gasteiger partial charge in [0.05, 0.1) is 6.10 Å². The molecule has 0 aromatic carbocycles. The summed E-state index contributed by atoms with van der Waals surface area (Å²) < 4.78 is 6.93. The molecule has 7 atom stereocenters. The zero-order valence-electron chi connectivity index (χ0n) is 30.3. The highest BCUT2D eigenvalue weighted by molar-refractivity contribution is 6.74. The van der Waals surface area contributed by atoms with Crippen molar-refractivity contribution in [1.29, 1.82) is 0 Å². The van der Waals surface area contributed by atoms with Crippen molar-refractivity contribution in [2.24, 2.45) is 52.3 Å². The SMILES string of the molecule is C=C1[C@H](C)C/C(=C/C=C2\CCC[C@@]3(C)C2CC[C@@H]3[C@H](C)C#CC(O)CC23CC4CC(CC(C4)C2)C3)C[C@H]1O[Si](C)(C)C(C)(C)C. The Morgan fingerprint density at radius 1 is 1.02 bits per heavy atom. The van der Waals surface area contributed by atoms with Gasteiger partial charge in [-0.3, -0.25) is 0 Å². The fourth-order valence-corrected chi connectivity index (χ4v) is 13.0. The monoisotopic (exact) mass is 630 g/mol. The van der Waals surface area contributed by atoms with Gasteiger partial charge in [0.2, 0.25) is 0 Å². The molecule has 250 valence electrons. The minimum absolute atomic E-state index is 0.157. The van der Waals surface area contributed by atoms with Crippen molar-refractivity contribution < 1.29 is 9.53 Å². The molecule has 0 amide bonds. The predicted octanol–water partition coefficient (Wildman–Crippen LogP) is 11.0. The summed E-state index contributed by atoms with van der Waals surface area (Å²) >= 11 is 0. The first-order valence-electron chi connectivity index (χ1n) is 19.0. The van der Waals surface area contributed by atoms with Crippen molar-refractivity contribution in [2.75, 3.05) is 0 Å². The molecule has 2 unspecified atom stereocenters. The van der Waals surface area contributed by atoms with Crippen LogP contribution in [0.3, 0.4) is 0 Å². The van der Waals surface area contributed by atoms with Gasteiger partial charge in [0, 0.05) is 5.92 Å². The quantitative estimate of drug-likeness (QED) is 0.180. The van der Waals surface area contributed by atoms with Crippen molar-refractivity contribution in [3.63, 3.8) is 0 Å². The zero-order valence-corrected chi connectivity index (χ0v) is 31.3. The Morgan fingerprint density at radius 3 is 2.29 bits per heavy atom. The average Bonchev–Trinajstić information content (AvgIpc) is 3.29.